The van der Waals surface area contributed by atoms with Crippen molar-refractivity contribution in [2.24, 2.45) is 5.73 Å². The molecule has 3 nitrogen and oxygen atoms in total. The molecule has 0 heterocycles. The highest BCUT2D eigenvalue weighted by Gasteiger charge is 2.06. The van der Waals surface area contributed by atoms with Crippen molar-refractivity contribution in [2.45, 2.75) is 0 Å². The average molecular weight is 337 g/mol. The van der Waals surface area contributed by atoms with Gasteiger partial charge in [0.2, 0.25) is 0 Å². The Labute approximate surface area is 125 Å². The van der Waals surface area contributed by atoms with Gasteiger partial charge in [0.05, 0.1) is 12.8 Å². The number of thiocarbonyl (C=S) groups is 1. The maximum absolute atomic E-state index is 5.62. The van der Waals surface area contributed by atoms with Crippen molar-refractivity contribution in [2.75, 3.05) is 12.4 Å². The average Bonchev–Trinajstić information content (AvgIpc) is 2.39. The summed E-state index contributed by atoms with van der Waals surface area (Å²) in [7, 11) is 1.65. The number of halogens is 1. The second-order valence-corrected chi connectivity index (χ2v) is 5.18. The first-order chi connectivity index (χ1) is 9.11. The molecule has 2 aromatic carbocycles. The number of ether oxygens (including phenoxy) is 1. The van der Waals surface area contributed by atoms with E-state index in [4.69, 9.17) is 22.7 Å². The number of hydrogen-bond acceptors (Lipinski definition) is 3. The second-order valence-electron chi connectivity index (χ2n) is 3.88. The number of nitrogens with one attached hydrogen (secondary N) is 1. The monoisotopic (exact) mass is 336 g/mol. The Bertz CT molecular complexity index is 616. The highest BCUT2D eigenvalue weighted by atomic mass is 79.9. The number of nitrogens with two attached hydrogens (primary N) is 1. The molecule has 0 saturated heterocycles. The number of methoxy groups -OCH3 is 1. The molecule has 3 N–H and O–H groups in total. The third kappa shape index (κ3) is 3.24. The van der Waals surface area contributed by atoms with Crippen molar-refractivity contribution >= 4 is 44.5 Å². The van der Waals surface area contributed by atoms with Crippen LogP contribution in [0.25, 0.3) is 0 Å². The lowest BCUT2D eigenvalue weighted by Crippen LogP contribution is -2.10. The van der Waals surface area contributed by atoms with Gasteiger partial charge in [-0.25, -0.2) is 0 Å². The van der Waals surface area contributed by atoms with E-state index in [1.54, 1.807) is 7.11 Å². The van der Waals surface area contributed by atoms with Gasteiger partial charge in [0, 0.05) is 15.7 Å². The smallest absolute Gasteiger partial charge is 0.142 e. The molecule has 0 aliphatic carbocycles. The SMILES string of the molecule is COc1ccccc1Nc1ccc(C(N)=S)c(Br)c1. The van der Waals surface area contributed by atoms with Crippen LogP contribution in [-0.2, 0) is 0 Å². The minimum atomic E-state index is 0.371. The van der Waals surface area contributed by atoms with Gasteiger partial charge < -0.3 is 15.8 Å². The zero-order chi connectivity index (χ0) is 13.8. The summed E-state index contributed by atoms with van der Waals surface area (Å²) in [6, 6.07) is 13.5. The first-order valence-electron chi connectivity index (χ1n) is 5.61. The molecule has 0 aliphatic heterocycles. The zero-order valence-electron chi connectivity index (χ0n) is 10.3. The normalized spacial score (nSPS) is 10.0. The number of para-hydroxylation sites is 2. The Morgan fingerprint density at radius 3 is 2.63 bits per heavy atom. The van der Waals surface area contributed by atoms with Gasteiger partial charge in [0.25, 0.3) is 0 Å². The van der Waals surface area contributed by atoms with Crippen molar-refractivity contribution in [3.8, 4) is 5.75 Å². The van der Waals surface area contributed by atoms with Gasteiger partial charge in [0.1, 0.15) is 10.7 Å². The van der Waals surface area contributed by atoms with Crippen LogP contribution in [0.3, 0.4) is 0 Å². The fourth-order valence-corrected chi connectivity index (χ4v) is 2.60. The van der Waals surface area contributed by atoms with E-state index in [2.05, 4.69) is 21.2 Å². The van der Waals surface area contributed by atoms with E-state index >= 15 is 0 Å². The van der Waals surface area contributed by atoms with Gasteiger partial charge >= 0.3 is 0 Å². The predicted molar refractivity (Wildman–Crippen MR) is 86.3 cm³/mol. The topological polar surface area (TPSA) is 47.3 Å². The quantitative estimate of drug-likeness (QED) is 0.833. The van der Waals surface area contributed by atoms with Gasteiger partial charge in [-0.2, -0.15) is 0 Å². The first-order valence-corrected chi connectivity index (χ1v) is 6.81. The Kier molecular flexibility index (Phi) is 4.39. The molecule has 0 radical (unpaired) electrons. The maximum Gasteiger partial charge on any atom is 0.142 e. The summed E-state index contributed by atoms with van der Waals surface area (Å²) in [6.07, 6.45) is 0. The van der Waals surface area contributed by atoms with Gasteiger partial charge in [-0.1, -0.05) is 24.4 Å². The molecule has 0 aliphatic rings. The first kappa shape index (κ1) is 13.8. The molecule has 0 bridgehead atoms. The fraction of sp³-hybridized carbons (Fsp3) is 0.0714. The van der Waals surface area contributed by atoms with E-state index in [1.807, 2.05) is 42.5 Å². The van der Waals surface area contributed by atoms with Crippen molar-refractivity contribution in [3.63, 3.8) is 0 Å². The highest BCUT2D eigenvalue weighted by molar-refractivity contribution is 9.10. The Balaban J connectivity index is 2.29. The van der Waals surface area contributed by atoms with Gasteiger partial charge in [-0.05, 0) is 46.3 Å². The molecule has 19 heavy (non-hydrogen) atoms. The summed E-state index contributed by atoms with van der Waals surface area (Å²) in [5.74, 6) is 0.789. The zero-order valence-corrected chi connectivity index (χ0v) is 12.7. The summed E-state index contributed by atoms with van der Waals surface area (Å²) >= 11 is 8.43. The third-order valence-electron chi connectivity index (χ3n) is 2.62. The molecule has 0 amide bonds. The molecule has 98 valence electrons. The van der Waals surface area contributed by atoms with Gasteiger partial charge in [0.15, 0.2) is 0 Å². The van der Waals surface area contributed by atoms with Crippen LogP contribution in [0.4, 0.5) is 11.4 Å². The van der Waals surface area contributed by atoms with Crippen LogP contribution in [0.15, 0.2) is 46.9 Å². The largest absolute Gasteiger partial charge is 0.495 e. The molecular weight excluding hydrogens is 324 g/mol. The lowest BCUT2D eigenvalue weighted by molar-refractivity contribution is 0.417. The lowest BCUT2D eigenvalue weighted by Gasteiger charge is -2.12. The van der Waals surface area contributed by atoms with E-state index in [9.17, 15) is 0 Å². The van der Waals surface area contributed by atoms with Crippen LogP contribution in [0, 0.1) is 0 Å². The standard InChI is InChI=1S/C14H13BrN2OS/c1-18-13-5-3-2-4-12(13)17-9-6-7-10(14(16)19)11(15)8-9/h2-8,17H,1H3,(H2,16,19). The summed E-state index contributed by atoms with van der Waals surface area (Å²) in [5.41, 5.74) is 8.27. The minimum absolute atomic E-state index is 0.371. The summed E-state index contributed by atoms with van der Waals surface area (Å²) < 4.78 is 6.16. The van der Waals surface area contributed by atoms with E-state index < -0.39 is 0 Å². The molecule has 0 atom stereocenters. The van der Waals surface area contributed by atoms with E-state index in [1.165, 1.54) is 0 Å². The second kappa shape index (κ2) is 6.04. The molecular formula is C14H13BrN2OS. The molecule has 0 aromatic heterocycles. The van der Waals surface area contributed by atoms with E-state index in [0.29, 0.717) is 4.99 Å². The Morgan fingerprint density at radius 1 is 1.26 bits per heavy atom. The molecule has 0 spiro atoms. The van der Waals surface area contributed by atoms with Crippen LogP contribution in [-0.4, -0.2) is 12.1 Å². The van der Waals surface area contributed by atoms with Gasteiger partial charge in [-0.3, -0.25) is 0 Å². The molecule has 5 heteroatoms. The van der Waals surface area contributed by atoms with Crippen molar-refractivity contribution in [1.82, 2.24) is 0 Å². The third-order valence-corrected chi connectivity index (χ3v) is 3.50. The molecule has 2 rings (SSSR count). The van der Waals surface area contributed by atoms with Gasteiger partial charge in [-0.15, -0.1) is 0 Å². The molecule has 2 aromatic rings. The van der Waals surface area contributed by atoms with Crippen LogP contribution < -0.4 is 15.8 Å². The summed E-state index contributed by atoms with van der Waals surface area (Å²) in [4.78, 5) is 0.371. The van der Waals surface area contributed by atoms with Crippen LogP contribution >= 0.6 is 28.1 Å². The minimum Gasteiger partial charge on any atom is -0.495 e. The van der Waals surface area contributed by atoms with E-state index in [0.717, 1.165) is 27.2 Å². The predicted octanol–water partition coefficient (Wildman–Crippen LogP) is 3.84. The Hall–Kier alpha value is -1.59. The van der Waals surface area contributed by atoms with Crippen molar-refractivity contribution < 1.29 is 4.74 Å². The summed E-state index contributed by atoms with van der Waals surface area (Å²) in [5, 5.41) is 3.29. The van der Waals surface area contributed by atoms with Crippen molar-refractivity contribution in [1.29, 1.82) is 0 Å². The number of anilines is 2. The van der Waals surface area contributed by atoms with Crippen molar-refractivity contribution in [3.05, 3.63) is 52.5 Å². The lowest BCUT2D eigenvalue weighted by atomic mass is 10.2. The summed E-state index contributed by atoms with van der Waals surface area (Å²) in [6.45, 7) is 0. The highest BCUT2D eigenvalue weighted by Crippen LogP contribution is 2.29. The maximum atomic E-state index is 5.62. The molecule has 0 fully saturated rings. The Morgan fingerprint density at radius 2 is 2.00 bits per heavy atom. The number of hydrogen-bond donors (Lipinski definition) is 2. The van der Waals surface area contributed by atoms with Crippen LogP contribution in [0.5, 0.6) is 5.75 Å². The molecule has 0 unspecified atom stereocenters. The van der Waals surface area contributed by atoms with Crippen LogP contribution in [0.2, 0.25) is 0 Å². The fourth-order valence-electron chi connectivity index (χ4n) is 1.70. The number of rotatable bonds is 4. The van der Waals surface area contributed by atoms with Crippen LogP contribution in [0.1, 0.15) is 5.56 Å². The molecule has 0 saturated carbocycles. The van der Waals surface area contributed by atoms with E-state index in [-0.39, 0.29) is 0 Å². The number of benzene rings is 2.